The van der Waals surface area contributed by atoms with Gasteiger partial charge in [-0.2, -0.15) is 5.10 Å². The second-order valence-corrected chi connectivity index (χ2v) is 9.06. The van der Waals surface area contributed by atoms with Gasteiger partial charge in [0.05, 0.1) is 17.8 Å². The Morgan fingerprint density at radius 1 is 1.03 bits per heavy atom. The predicted octanol–water partition coefficient (Wildman–Crippen LogP) is 4.53. The van der Waals surface area contributed by atoms with Crippen LogP contribution < -0.4 is 10.6 Å². The highest BCUT2D eigenvalue weighted by atomic mass is 35.5. The third kappa shape index (κ3) is 5.45. The maximum Gasteiger partial charge on any atom is 0.228 e. The van der Waals surface area contributed by atoms with Gasteiger partial charge in [-0.3, -0.25) is 9.59 Å². The van der Waals surface area contributed by atoms with E-state index in [0.29, 0.717) is 17.9 Å². The summed E-state index contributed by atoms with van der Waals surface area (Å²) in [7, 11) is 0. The molecule has 0 bridgehead atoms. The quantitative estimate of drug-likeness (QED) is 0.684. The maximum absolute atomic E-state index is 13.7. The molecule has 0 atom stereocenters. The van der Waals surface area contributed by atoms with E-state index in [9.17, 15) is 14.0 Å². The summed E-state index contributed by atoms with van der Waals surface area (Å²) >= 11 is 5.74. The second kappa shape index (κ2) is 9.81. The summed E-state index contributed by atoms with van der Waals surface area (Å²) in [6.45, 7) is 0.330. The zero-order valence-electron chi connectivity index (χ0n) is 17.4. The topological polar surface area (TPSA) is 76.0 Å². The number of halogens is 2. The first-order chi connectivity index (χ1) is 15.0. The molecule has 2 aromatic rings. The number of hydrogen-bond acceptors (Lipinski definition) is 3. The minimum Gasteiger partial charge on any atom is -0.353 e. The van der Waals surface area contributed by atoms with E-state index < -0.39 is 5.82 Å². The molecular weight excluding hydrogens is 419 g/mol. The highest BCUT2D eigenvalue weighted by molar-refractivity contribution is 6.30. The van der Waals surface area contributed by atoms with Gasteiger partial charge < -0.3 is 10.6 Å². The van der Waals surface area contributed by atoms with Gasteiger partial charge in [-0.1, -0.05) is 30.5 Å². The normalized spacial score (nSPS) is 21.7. The molecule has 0 aliphatic heterocycles. The molecule has 2 saturated carbocycles. The molecule has 1 heterocycles. The van der Waals surface area contributed by atoms with Gasteiger partial charge >= 0.3 is 0 Å². The summed E-state index contributed by atoms with van der Waals surface area (Å²) in [4.78, 5) is 25.1. The van der Waals surface area contributed by atoms with Crippen molar-refractivity contribution in [1.29, 1.82) is 0 Å². The van der Waals surface area contributed by atoms with Gasteiger partial charge in [0.2, 0.25) is 11.8 Å². The van der Waals surface area contributed by atoms with Gasteiger partial charge in [0, 0.05) is 23.9 Å². The minimum absolute atomic E-state index is 0.0374. The van der Waals surface area contributed by atoms with Gasteiger partial charge in [0.25, 0.3) is 0 Å². The summed E-state index contributed by atoms with van der Waals surface area (Å²) < 4.78 is 15.3. The largest absolute Gasteiger partial charge is 0.353 e. The fraction of sp³-hybridized carbons (Fsp3) is 0.522. The van der Waals surface area contributed by atoms with E-state index in [1.165, 1.54) is 12.1 Å². The van der Waals surface area contributed by atoms with E-state index in [-0.39, 0.29) is 34.7 Å². The molecule has 31 heavy (non-hydrogen) atoms. The summed E-state index contributed by atoms with van der Waals surface area (Å²) in [6, 6.07) is 6.52. The number of amides is 2. The van der Waals surface area contributed by atoms with Crippen LogP contribution in [0.15, 0.2) is 30.5 Å². The first-order valence-electron chi connectivity index (χ1n) is 11.1. The fourth-order valence-corrected chi connectivity index (χ4v) is 4.73. The SMILES string of the molecule is O=C(Nc1ccnn1Cc1ccc(Cl)c(F)c1)C1CCC(NC(=O)C2CCCC2)CC1. The van der Waals surface area contributed by atoms with Crippen molar-refractivity contribution >= 4 is 29.2 Å². The van der Waals surface area contributed by atoms with Crippen molar-refractivity contribution in [1.82, 2.24) is 15.1 Å². The lowest BCUT2D eigenvalue weighted by molar-refractivity contribution is -0.125. The minimum atomic E-state index is -0.478. The molecule has 6 nitrogen and oxygen atoms in total. The molecule has 8 heteroatoms. The Kier molecular flexibility index (Phi) is 6.90. The van der Waals surface area contributed by atoms with E-state index in [1.54, 1.807) is 23.0 Å². The molecular formula is C23H28ClFN4O2. The Labute approximate surface area is 186 Å². The van der Waals surface area contributed by atoms with Crippen LogP contribution in [-0.4, -0.2) is 27.6 Å². The van der Waals surface area contributed by atoms with Crippen LogP contribution in [0.25, 0.3) is 0 Å². The Balaban J connectivity index is 1.28. The van der Waals surface area contributed by atoms with Gasteiger partial charge in [-0.15, -0.1) is 0 Å². The Morgan fingerprint density at radius 2 is 1.74 bits per heavy atom. The number of nitrogens with zero attached hydrogens (tertiary/aromatic N) is 2. The second-order valence-electron chi connectivity index (χ2n) is 8.65. The number of aromatic nitrogens is 2. The summed E-state index contributed by atoms with van der Waals surface area (Å²) in [5, 5.41) is 10.5. The lowest BCUT2D eigenvalue weighted by Crippen LogP contribution is -2.41. The maximum atomic E-state index is 13.7. The van der Waals surface area contributed by atoms with Crippen molar-refractivity contribution in [2.75, 3.05) is 5.32 Å². The van der Waals surface area contributed by atoms with Crippen LogP contribution in [0.1, 0.15) is 56.9 Å². The molecule has 1 aromatic carbocycles. The number of rotatable bonds is 6. The van der Waals surface area contributed by atoms with Crippen LogP contribution in [0.2, 0.25) is 5.02 Å². The highest BCUT2D eigenvalue weighted by Crippen LogP contribution is 2.28. The first kappa shape index (κ1) is 21.8. The monoisotopic (exact) mass is 446 g/mol. The lowest BCUT2D eigenvalue weighted by atomic mass is 9.85. The highest BCUT2D eigenvalue weighted by Gasteiger charge is 2.30. The molecule has 2 amide bonds. The van der Waals surface area contributed by atoms with Crippen molar-refractivity contribution in [3.05, 3.63) is 46.9 Å². The average molecular weight is 447 g/mol. The zero-order valence-corrected chi connectivity index (χ0v) is 18.2. The van der Waals surface area contributed by atoms with Crippen LogP contribution in [-0.2, 0) is 16.1 Å². The first-order valence-corrected chi connectivity index (χ1v) is 11.4. The van der Waals surface area contributed by atoms with E-state index in [4.69, 9.17) is 11.6 Å². The van der Waals surface area contributed by atoms with Crippen molar-refractivity contribution in [3.8, 4) is 0 Å². The van der Waals surface area contributed by atoms with Crippen LogP contribution >= 0.6 is 11.6 Å². The molecule has 0 spiro atoms. The third-order valence-electron chi connectivity index (χ3n) is 6.45. The molecule has 4 rings (SSSR count). The van der Waals surface area contributed by atoms with Crippen LogP contribution in [0, 0.1) is 17.7 Å². The van der Waals surface area contributed by atoms with Crippen molar-refractivity contribution in [2.24, 2.45) is 11.8 Å². The number of anilines is 1. The van der Waals surface area contributed by atoms with E-state index in [0.717, 1.165) is 51.4 Å². The van der Waals surface area contributed by atoms with Crippen LogP contribution in [0.4, 0.5) is 10.2 Å². The van der Waals surface area contributed by atoms with Crippen LogP contribution in [0.5, 0.6) is 0 Å². The van der Waals surface area contributed by atoms with Crippen molar-refractivity contribution in [2.45, 2.75) is 64.0 Å². The summed E-state index contributed by atoms with van der Waals surface area (Å²) in [5.41, 5.74) is 0.708. The Morgan fingerprint density at radius 3 is 2.45 bits per heavy atom. The van der Waals surface area contributed by atoms with Crippen molar-refractivity contribution in [3.63, 3.8) is 0 Å². The molecule has 2 aliphatic carbocycles. The Hall–Kier alpha value is -2.41. The summed E-state index contributed by atoms with van der Waals surface area (Å²) in [5.74, 6) is 0.342. The number of benzene rings is 1. The predicted molar refractivity (Wildman–Crippen MR) is 117 cm³/mol. The smallest absolute Gasteiger partial charge is 0.228 e. The van der Waals surface area contributed by atoms with E-state index in [1.807, 2.05) is 0 Å². The molecule has 2 N–H and O–H groups in total. The summed E-state index contributed by atoms with van der Waals surface area (Å²) in [6.07, 6.45) is 9.04. The van der Waals surface area contributed by atoms with Gasteiger partial charge in [-0.25, -0.2) is 9.07 Å². The number of hydrogen-bond donors (Lipinski definition) is 2. The zero-order chi connectivity index (χ0) is 21.8. The van der Waals surface area contributed by atoms with Gasteiger partial charge in [0.1, 0.15) is 11.6 Å². The van der Waals surface area contributed by atoms with Gasteiger partial charge in [0.15, 0.2) is 0 Å². The average Bonchev–Trinajstić information content (AvgIpc) is 3.44. The van der Waals surface area contributed by atoms with E-state index in [2.05, 4.69) is 15.7 Å². The standard InChI is InChI=1S/C23H28ClFN4O2/c24-19-10-5-15(13-20(19)25)14-29-21(11-12-26-29)28-23(31)17-6-8-18(9-7-17)27-22(30)16-3-1-2-4-16/h5,10-13,16-18H,1-4,6-9,14H2,(H,27,30)(H,28,31). The van der Waals surface area contributed by atoms with Crippen LogP contribution in [0.3, 0.4) is 0 Å². The third-order valence-corrected chi connectivity index (χ3v) is 6.76. The molecule has 1 aromatic heterocycles. The number of carbonyl (C=O) groups excluding carboxylic acids is 2. The molecule has 0 radical (unpaired) electrons. The molecule has 166 valence electrons. The molecule has 2 aliphatic rings. The van der Waals surface area contributed by atoms with Gasteiger partial charge in [-0.05, 0) is 56.2 Å². The Bertz CT molecular complexity index is 933. The number of nitrogens with one attached hydrogen (secondary N) is 2. The van der Waals surface area contributed by atoms with Crippen molar-refractivity contribution < 1.29 is 14.0 Å². The molecule has 0 saturated heterocycles. The number of carbonyl (C=O) groups is 2. The molecule has 2 fully saturated rings. The molecule has 0 unspecified atom stereocenters. The lowest BCUT2D eigenvalue weighted by Gasteiger charge is -2.29. The van der Waals surface area contributed by atoms with E-state index >= 15 is 0 Å². The fourth-order valence-electron chi connectivity index (χ4n) is 4.61.